The fourth-order valence-corrected chi connectivity index (χ4v) is 5.84. The summed E-state index contributed by atoms with van der Waals surface area (Å²) in [5.41, 5.74) is 12.3. The van der Waals surface area contributed by atoms with Crippen LogP contribution in [0, 0.1) is 28.6 Å². The van der Waals surface area contributed by atoms with Crippen molar-refractivity contribution in [3.05, 3.63) is 12.2 Å². The molecule has 0 aromatic heterocycles. The van der Waals surface area contributed by atoms with E-state index in [0.717, 1.165) is 25.8 Å². The van der Waals surface area contributed by atoms with Crippen molar-refractivity contribution in [3.63, 3.8) is 0 Å². The number of nitriles is 1. The molecule has 1 amide bonds. The number of alkyl halides is 3. The topological polar surface area (TPSA) is 129 Å². The van der Waals surface area contributed by atoms with Crippen LogP contribution in [0.1, 0.15) is 45.4 Å². The predicted molar refractivity (Wildman–Crippen MR) is 126 cm³/mol. The number of allylic oxidation sites excluding steroid dienone is 1. The molecule has 11 heteroatoms. The number of nitrogens with zero attached hydrogens (tertiary/aromatic N) is 2. The summed E-state index contributed by atoms with van der Waals surface area (Å²) in [4.78, 5) is 15.9. The van der Waals surface area contributed by atoms with E-state index >= 15 is 0 Å². The Bertz CT molecular complexity index is 786. The summed E-state index contributed by atoms with van der Waals surface area (Å²) >= 11 is 0. The van der Waals surface area contributed by atoms with E-state index in [9.17, 15) is 23.2 Å². The third kappa shape index (κ3) is 7.40. The molecule has 2 saturated heterocycles. The standard InChI is InChI=1S/C24H39F3N6O2/c1-2-23-7-3-11-33(14-16(4-8-23)5-9-28)18(12-23)20(21(29)30)22(34)32-17-13-31-10-6-19(17)35-15-24(25,26)27/h4,8,16-21,31H,2-3,5-7,10-15,29-30H2,1H3,(H,32,34)/b8-4-. The van der Waals surface area contributed by atoms with Crippen LogP contribution in [-0.4, -0.2) is 74.1 Å². The average molecular weight is 501 g/mol. The fraction of sp³-hybridized carbons (Fsp3) is 0.833. The minimum Gasteiger partial charge on any atom is -0.367 e. The zero-order valence-corrected chi connectivity index (χ0v) is 20.4. The summed E-state index contributed by atoms with van der Waals surface area (Å²) in [6.07, 6.45) is 2.52. The van der Waals surface area contributed by atoms with Gasteiger partial charge in [-0.3, -0.25) is 9.69 Å². The Balaban J connectivity index is 1.82. The molecule has 3 heterocycles. The minimum atomic E-state index is -4.44. The molecule has 0 saturated carbocycles. The van der Waals surface area contributed by atoms with Crippen LogP contribution in [0.5, 0.6) is 0 Å². The van der Waals surface area contributed by atoms with E-state index in [-0.39, 0.29) is 23.3 Å². The van der Waals surface area contributed by atoms with Crippen molar-refractivity contribution in [2.45, 2.75) is 76.0 Å². The van der Waals surface area contributed by atoms with E-state index in [4.69, 9.17) is 16.2 Å². The van der Waals surface area contributed by atoms with Crippen molar-refractivity contribution < 1.29 is 22.7 Å². The van der Waals surface area contributed by atoms with Crippen molar-refractivity contribution in [1.29, 1.82) is 5.26 Å². The Morgan fingerprint density at radius 3 is 2.86 bits per heavy atom. The fourth-order valence-electron chi connectivity index (χ4n) is 5.84. The van der Waals surface area contributed by atoms with Gasteiger partial charge in [-0.1, -0.05) is 19.1 Å². The van der Waals surface area contributed by atoms with Gasteiger partial charge in [0.05, 0.1) is 30.3 Å². The maximum absolute atomic E-state index is 13.6. The monoisotopic (exact) mass is 500 g/mol. The summed E-state index contributed by atoms with van der Waals surface area (Å²) in [5.74, 6) is -1.07. The van der Waals surface area contributed by atoms with E-state index in [1.165, 1.54) is 0 Å². The number of carbonyl (C=O) groups is 1. The smallest absolute Gasteiger partial charge is 0.367 e. The first-order valence-corrected chi connectivity index (χ1v) is 12.6. The van der Waals surface area contributed by atoms with Gasteiger partial charge in [-0.25, -0.2) is 0 Å². The summed E-state index contributed by atoms with van der Waals surface area (Å²) in [6, 6.07) is 1.40. The average Bonchev–Trinajstić information content (AvgIpc) is 2.90. The first-order chi connectivity index (χ1) is 16.6. The molecule has 2 bridgehead atoms. The number of nitrogens with one attached hydrogen (secondary N) is 2. The third-order valence-electron chi connectivity index (χ3n) is 7.79. The first kappa shape index (κ1) is 27.9. The second-order valence-electron chi connectivity index (χ2n) is 10.2. The van der Waals surface area contributed by atoms with Crippen molar-refractivity contribution in [2.24, 2.45) is 28.7 Å². The van der Waals surface area contributed by atoms with Crippen molar-refractivity contribution in [1.82, 2.24) is 15.5 Å². The van der Waals surface area contributed by atoms with Crippen LogP contribution < -0.4 is 22.1 Å². The molecule has 198 valence electrons. The zero-order chi connectivity index (χ0) is 25.6. The van der Waals surface area contributed by atoms with Crippen LogP contribution in [-0.2, 0) is 9.53 Å². The van der Waals surface area contributed by atoms with E-state index < -0.39 is 37.0 Å². The molecular weight excluding hydrogens is 461 g/mol. The number of amides is 1. The predicted octanol–water partition coefficient (Wildman–Crippen LogP) is 1.62. The second-order valence-corrected chi connectivity index (χ2v) is 10.2. The van der Waals surface area contributed by atoms with Crippen molar-refractivity contribution in [3.8, 4) is 6.07 Å². The molecule has 0 radical (unpaired) electrons. The highest BCUT2D eigenvalue weighted by atomic mass is 19.4. The lowest BCUT2D eigenvalue weighted by molar-refractivity contribution is -0.190. The summed E-state index contributed by atoms with van der Waals surface area (Å²) in [5, 5.41) is 15.3. The van der Waals surface area contributed by atoms with Gasteiger partial charge in [0.25, 0.3) is 0 Å². The number of hydrogen-bond acceptors (Lipinski definition) is 7. The van der Waals surface area contributed by atoms with Gasteiger partial charge in [0, 0.05) is 31.5 Å². The Hall–Kier alpha value is -1.71. The lowest BCUT2D eigenvalue weighted by Crippen LogP contribution is -2.62. The van der Waals surface area contributed by atoms with E-state index in [1.807, 2.05) is 0 Å². The SMILES string of the molecule is CCC12/C=C\C(CC#N)CN(CCC1)C(C(C(=O)NC1CNCCC1OCC(F)(F)F)C(N)N)C2. The molecule has 35 heavy (non-hydrogen) atoms. The Kier molecular flexibility index (Phi) is 9.57. The number of carbonyl (C=O) groups excluding carboxylic acids is 1. The lowest BCUT2D eigenvalue weighted by Gasteiger charge is -2.43. The van der Waals surface area contributed by atoms with E-state index in [2.05, 4.69) is 40.7 Å². The van der Waals surface area contributed by atoms with Gasteiger partial charge in [-0.05, 0) is 50.6 Å². The maximum atomic E-state index is 13.6. The van der Waals surface area contributed by atoms with Crippen LogP contribution in [0.25, 0.3) is 0 Å². The first-order valence-electron chi connectivity index (χ1n) is 12.6. The Morgan fingerprint density at radius 2 is 2.20 bits per heavy atom. The van der Waals surface area contributed by atoms with Crippen molar-refractivity contribution in [2.75, 3.05) is 32.8 Å². The molecule has 8 nitrogen and oxygen atoms in total. The zero-order valence-electron chi connectivity index (χ0n) is 20.4. The molecule has 0 aromatic carbocycles. The number of ether oxygens (including phenoxy) is 1. The van der Waals surface area contributed by atoms with Gasteiger partial charge in [0.2, 0.25) is 5.91 Å². The molecule has 2 fully saturated rings. The van der Waals surface area contributed by atoms with Crippen LogP contribution in [0.4, 0.5) is 13.2 Å². The van der Waals surface area contributed by atoms with Gasteiger partial charge in [-0.15, -0.1) is 0 Å². The molecule has 3 rings (SSSR count). The summed E-state index contributed by atoms with van der Waals surface area (Å²) in [7, 11) is 0. The normalized spacial score (nSPS) is 35.4. The van der Waals surface area contributed by atoms with Gasteiger partial charge in [-0.2, -0.15) is 18.4 Å². The Labute approximate surface area is 205 Å². The van der Waals surface area contributed by atoms with Gasteiger partial charge < -0.3 is 26.8 Å². The number of halogens is 3. The minimum absolute atomic E-state index is 0.0484. The molecule has 7 unspecified atom stereocenters. The lowest BCUT2D eigenvalue weighted by atomic mass is 9.72. The van der Waals surface area contributed by atoms with Gasteiger partial charge in [0.1, 0.15) is 6.61 Å². The van der Waals surface area contributed by atoms with Crippen molar-refractivity contribution >= 4 is 5.91 Å². The molecule has 0 aliphatic carbocycles. The second kappa shape index (κ2) is 12.0. The summed E-state index contributed by atoms with van der Waals surface area (Å²) in [6.45, 7) is 3.00. The highest BCUT2D eigenvalue weighted by molar-refractivity contribution is 5.80. The van der Waals surface area contributed by atoms with Crippen LogP contribution in [0.15, 0.2) is 12.2 Å². The number of piperidine rings is 1. The molecule has 0 aromatic rings. The number of nitrogens with two attached hydrogens (primary N) is 2. The third-order valence-corrected chi connectivity index (χ3v) is 7.79. The van der Waals surface area contributed by atoms with Crippen LogP contribution in [0.2, 0.25) is 0 Å². The highest BCUT2D eigenvalue weighted by Gasteiger charge is 2.45. The number of hydrogen-bond donors (Lipinski definition) is 4. The molecule has 6 N–H and O–H groups in total. The van der Waals surface area contributed by atoms with E-state index in [1.54, 1.807) is 0 Å². The molecule has 3 aliphatic heterocycles. The van der Waals surface area contributed by atoms with Gasteiger partial charge >= 0.3 is 6.18 Å². The molecule has 3 aliphatic rings. The Morgan fingerprint density at radius 1 is 1.43 bits per heavy atom. The number of rotatable bonds is 8. The number of fused-ring (bicyclic) bond motifs is 3. The quantitative estimate of drug-likeness (QED) is 0.294. The highest BCUT2D eigenvalue weighted by Crippen LogP contribution is 2.43. The maximum Gasteiger partial charge on any atom is 0.411 e. The summed E-state index contributed by atoms with van der Waals surface area (Å²) < 4.78 is 43.3. The van der Waals surface area contributed by atoms with E-state index in [0.29, 0.717) is 38.9 Å². The van der Waals surface area contributed by atoms with Crippen LogP contribution in [0.3, 0.4) is 0 Å². The van der Waals surface area contributed by atoms with Gasteiger partial charge in [0.15, 0.2) is 0 Å². The molecular formula is C24H39F3N6O2. The van der Waals surface area contributed by atoms with Crippen LogP contribution >= 0.6 is 0 Å². The largest absolute Gasteiger partial charge is 0.411 e. The molecule has 7 atom stereocenters. The molecule has 0 spiro atoms.